The number of ether oxygens (including phenoxy) is 2. The third-order valence-electron chi connectivity index (χ3n) is 2.64. The Morgan fingerprint density at radius 3 is 2.65 bits per heavy atom. The average Bonchev–Trinajstić information content (AvgIpc) is 2.43. The highest BCUT2D eigenvalue weighted by Gasteiger charge is 2.16. The van der Waals surface area contributed by atoms with Crippen LogP contribution in [0.2, 0.25) is 0 Å². The fraction of sp³-hybridized carbons (Fsp3) is 0.385. The molecule has 0 aliphatic heterocycles. The van der Waals surface area contributed by atoms with Crippen LogP contribution >= 0.6 is 15.9 Å². The van der Waals surface area contributed by atoms with E-state index in [4.69, 9.17) is 14.6 Å². The van der Waals surface area contributed by atoms with Crippen molar-refractivity contribution in [1.82, 2.24) is 5.32 Å². The Labute approximate surface area is 125 Å². The van der Waals surface area contributed by atoms with E-state index in [9.17, 15) is 9.59 Å². The fourth-order valence-corrected chi connectivity index (χ4v) is 1.97. The second-order valence-corrected chi connectivity index (χ2v) is 4.87. The minimum Gasteiger partial charge on any atom is -0.497 e. The molecule has 2 N–H and O–H groups in total. The van der Waals surface area contributed by atoms with E-state index >= 15 is 0 Å². The summed E-state index contributed by atoms with van der Waals surface area (Å²) < 4.78 is 10.7. The van der Waals surface area contributed by atoms with Gasteiger partial charge in [-0.15, -0.1) is 0 Å². The Morgan fingerprint density at radius 2 is 2.10 bits per heavy atom. The summed E-state index contributed by atoms with van der Waals surface area (Å²) in [6.07, 6.45) is -0.739. The molecule has 0 aliphatic carbocycles. The van der Waals surface area contributed by atoms with E-state index in [1.165, 1.54) is 14.2 Å². The van der Waals surface area contributed by atoms with Gasteiger partial charge in [0.1, 0.15) is 5.75 Å². The standard InChI is InChI=1S/C13H16BrNO5/c1-19-8-3-4-11(14)10(5-8)13(18)15-7-9(20-2)6-12(16)17/h3-5,9H,6-7H2,1-2H3,(H,15,18)(H,16,17). The Balaban J connectivity index is 2.68. The van der Waals surface area contributed by atoms with Crippen LogP contribution < -0.4 is 10.1 Å². The van der Waals surface area contributed by atoms with Gasteiger partial charge in [0.2, 0.25) is 0 Å². The SMILES string of the molecule is COc1ccc(Br)c(C(=O)NCC(CC(=O)O)OC)c1. The number of hydrogen-bond acceptors (Lipinski definition) is 4. The van der Waals surface area contributed by atoms with Crippen LogP contribution in [0.5, 0.6) is 5.75 Å². The van der Waals surface area contributed by atoms with Gasteiger partial charge in [0.15, 0.2) is 0 Å². The highest BCUT2D eigenvalue weighted by atomic mass is 79.9. The first kappa shape index (κ1) is 16.5. The molecule has 1 amide bonds. The van der Waals surface area contributed by atoms with Crippen molar-refractivity contribution in [1.29, 1.82) is 0 Å². The van der Waals surface area contributed by atoms with Crippen LogP contribution in [0.4, 0.5) is 0 Å². The second kappa shape index (κ2) is 7.86. The normalized spacial score (nSPS) is 11.8. The molecule has 1 rings (SSSR count). The zero-order valence-corrected chi connectivity index (χ0v) is 12.8. The number of carbonyl (C=O) groups excluding carboxylic acids is 1. The number of carbonyl (C=O) groups is 2. The molecule has 7 heteroatoms. The van der Waals surface area contributed by atoms with Gasteiger partial charge in [0.25, 0.3) is 5.91 Å². The van der Waals surface area contributed by atoms with Crippen LogP contribution in [0.3, 0.4) is 0 Å². The number of amides is 1. The maximum Gasteiger partial charge on any atom is 0.306 e. The minimum atomic E-state index is -0.978. The molecule has 0 bridgehead atoms. The maximum atomic E-state index is 12.0. The smallest absolute Gasteiger partial charge is 0.306 e. The van der Waals surface area contributed by atoms with E-state index in [1.54, 1.807) is 18.2 Å². The molecular weight excluding hydrogens is 330 g/mol. The van der Waals surface area contributed by atoms with Gasteiger partial charge < -0.3 is 19.9 Å². The number of rotatable bonds is 7. The van der Waals surface area contributed by atoms with Crippen LogP contribution in [0, 0.1) is 0 Å². The molecule has 0 fully saturated rings. The summed E-state index contributed by atoms with van der Waals surface area (Å²) in [7, 11) is 2.92. The third kappa shape index (κ3) is 4.82. The monoisotopic (exact) mass is 345 g/mol. The van der Waals surface area contributed by atoms with Gasteiger partial charge in [-0.2, -0.15) is 0 Å². The summed E-state index contributed by atoms with van der Waals surface area (Å²) in [5.41, 5.74) is 0.412. The van der Waals surface area contributed by atoms with Crippen molar-refractivity contribution in [2.75, 3.05) is 20.8 Å². The molecule has 110 valence electrons. The summed E-state index contributed by atoms with van der Waals surface area (Å²) in [5, 5.41) is 11.3. The van der Waals surface area contributed by atoms with Crippen molar-refractivity contribution in [3.63, 3.8) is 0 Å². The number of halogens is 1. The number of methoxy groups -OCH3 is 2. The molecule has 0 saturated heterocycles. The molecule has 1 aromatic carbocycles. The summed E-state index contributed by atoms with van der Waals surface area (Å²) in [6, 6.07) is 5.03. The van der Waals surface area contributed by atoms with E-state index in [0.717, 1.165) is 0 Å². The van der Waals surface area contributed by atoms with E-state index in [2.05, 4.69) is 21.2 Å². The Bertz CT molecular complexity index is 492. The van der Waals surface area contributed by atoms with Crippen molar-refractivity contribution >= 4 is 27.8 Å². The summed E-state index contributed by atoms with van der Waals surface area (Å²) in [6.45, 7) is 0.116. The zero-order chi connectivity index (χ0) is 15.1. The van der Waals surface area contributed by atoms with Gasteiger partial charge in [-0.3, -0.25) is 9.59 Å². The van der Waals surface area contributed by atoms with Crippen LogP contribution in [0.15, 0.2) is 22.7 Å². The van der Waals surface area contributed by atoms with E-state index in [1.807, 2.05) is 0 Å². The molecule has 1 aromatic rings. The first-order valence-electron chi connectivity index (χ1n) is 5.84. The lowest BCUT2D eigenvalue weighted by Gasteiger charge is -2.14. The highest BCUT2D eigenvalue weighted by Crippen LogP contribution is 2.22. The lowest BCUT2D eigenvalue weighted by molar-refractivity contribution is -0.139. The summed E-state index contributed by atoms with van der Waals surface area (Å²) in [5.74, 6) is -0.746. The molecule has 1 unspecified atom stereocenters. The molecule has 1 atom stereocenters. The van der Waals surface area contributed by atoms with Crippen molar-refractivity contribution < 1.29 is 24.2 Å². The third-order valence-corrected chi connectivity index (χ3v) is 3.34. The zero-order valence-electron chi connectivity index (χ0n) is 11.2. The number of hydrogen-bond donors (Lipinski definition) is 2. The maximum absolute atomic E-state index is 12.0. The molecule has 20 heavy (non-hydrogen) atoms. The van der Waals surface area contributed by atoms with Gasteiger partial charge in [-0.25, -0.2) is 0 Å². The largest absolute Gasteiger partial charge is 0.497 e. The summed E-state index contributed by atoms with van der Waals surface area (Å²) >= 11 is 3.28. The molecule has 0 saturated carbocycles. The predicted molar refractivity (Wildman–Crippen MR) is 76.1 cm³/mol. The first-order valence-corrected chi connectivity index (χ1v) is 6.63. The number of carboxylic acids is 1. The second-order valence-electron chi connectivity index (χ2n) is 4.01. The molecule has 0 heterocycles. The Hall–Kier alpha value is -1.60. The minimum absolute atomic E-state index is 0.116. The average molecular weight is 346 g/mol. The van der Waals surface area contributed by atoms with Crippen molar-refractivity contribution in [3.8, 4) is 5.75 Å². The van der Waals surface area contributed by atoms with Crippen LogP contribution in [0.1, 0.15) is 16.8 Å². The number of carboxylic acid groups (broad SMARTS) is 1. The fourth-order valence-electron chi connectivity index (χ4n) is 1.54. The van der Waals surface area contributed by atoms with Gasteiger partial charge in [0.05, 0.1) is 25.2 Å². The van der Waals surface area contributed by atoms with Crippen molar-refractivity contribution in [3.05, 3.63) is 28.2 Å². The molecule has 0 aliphatic rings. The Kier molecular flexibility index (Phi) is 6.47. The summed E-state index contributed by atoms with van der Waals surface area (Å²) in [4.78, 5) is 22.6. The van der Waals surface area contributed by atoms with Crippen LogP contribution in [-0.4, -0.2) is 43.9 Å². The van der Waals surface area contributed by atoms with Crippen molar-refractivity contribution in [2.45, 2.75) is 12.5 Å². The van der Waals surface area contributed by atoms with E-state index in [0.29, 0.717) is 15.8 Å². The molecule has 0 spiro atoms. The number of nitrogens with one attached hydrogen (secondary N) is 1. The highest BCUT2D eigenvalue weighted by molar-refractivity contribution is 9.10. The number of aliphatic carboxylic acids is 1. The lowest BCUT2D eigenvalue weighted by atomic mass is 10.2. The van der Waals surface area contributed by atoms with Gasteiger partial charge in [0, 0.05) is 18.1 Å². The van der Waals surface area contributed by atoms with Gasteiger partial charge >= 0.3 is 5.97 Å². The van der Waals surface area contributed by atoms with E-state index < -0.39 is 12.1 Å². The molecule has 6 nitrogen and oxygen atoms in total. The number of benzene rings is 1. The predicted octanol–water partition coefficient (Wildman–Crippen LogP) is 1.68. The van der Waals surface area contributed by atoms with Crippen LogP contribution in [-0.2, 0) is 9.53 Å². The first-order chi connectivity index (χ1) is 9.47. The topological polar surface area (TPSA) is 84.9 Å². The van der Waals surface area contributed by atoms with Crippen molar-refractivity contribution in [2.24, 2.45) is 0 Å². The quantitative estimate of drug-likeness (QED) is 0.785. The molecular formula is C13H16BrNO5. The van der Waals surface area contributed by atoms with E-state index in [-0.39, 0.29) is 18.9 Å². The molecule has 0 aromatic heterocycles. The molecule has 0 radical (unpaired) electrons. The van der Waals surface area contributed by atoms with Crippen LogP contribution in [0.25, 0.3) is 0 Å². The van der Waals surface area contributed by atoms with Gasteiger partial charge in [-0.1, -0.05) is 0 Å². The van der Waals surface area contributed by atoms with Gasteiger partial charge in [-0.05, 0) is 34.1 Å². The Morgan fingerprint density at radius 1 is 1.40 bits per heavy atom. The lowest BCUT2D eigenvalue weighted by Crippen LogP contribution is -2.34.